The molecule has 0 atom stereocenters. The van der Waals surface area contributed by atoms with Crippen molar-refractivity contribution >= 4 is 28.6 Å². The molecule has 152 valence electrons. The van der Waals surface area contributed by atoms with E-state index in [2.05, 4.69) is 30.7 Å². The van der Waals surface area contributed by atoms with Crippen LogP contribution in [0.15, 0.2) is 48.9 Å². The summed E-state index contributed by atoms with van der Waals surface area (Å²) in [5.41, 5.74) is 1.77. The van der Waals surface area contributed by atoms with Crippen LogP contribution in [0.4, 0.5) is 21.6 Å². The third kappa shape index (κ3) is 3.88. The molecular weight excluding hydrogens is 389 g/mol. The molecule has 10 heteroatoms. The van der Waals surface area contributed by atoms with E-state index in [9.17, 15) is 9.18 Å². The van der Waals surface area contributed by atoms with Crippen LogP contribution >= 0.6 is 0 Å². The Hall–Kier alpha value is -4.08. The number of pyridine rings is 2. The highest BCUT2D eigenvalue weighted by atomic mass is 19.1. The van der Waals surface area contributed by atoms with Crippen molar-refractivity contribution in [3.05, 3.63) is 54.7 Å². The first-order valence-electron chi connectivity index (χ1n) is 9.15. The summed E-state index contributed by atoms with van der Waals surface area (Å²) in [5, 5.41) is 10.3. The minimum atomic E-state index is -0.526. The Morgan fingerprint density at radius 1 is 1.27 bits per heavy atom. The third-order valence-electron chi connectivity index (χ3n) is 4.26. The number of carbonyl (C=O) groups is 1. The zero-order chi connectivity index (χ0) is 21.1. The van der Waals surface area contributed by atoms with Crippen LogP contribution in [0.1, 0.15) is 13.3 Å². The van der Waals surface area contributed by atoms with Gasteiger partial charge in [-0.05, 0) is 18.2 Å². The maximum Gasteiger partial charge on any atom is 0.224 e. The van der Waals surface area contributed by atoms with Gasteiger partial charge in [-0.3, -0.25) is 9.78 Å². The number of carbonyl (C=O) groups excluding carboxylic acids is 1. The predicted octanol–water partition coefficient (Wildman–Crippen LogP) is 3.43. The van der Waals surface area contributed by atoms with Crippen LogP contribution in [0.5, 0.6) is 5.88 Å². The number of anilines is 3. The highest BCUT2D eigenvalue weighted by Gasteiger charge is 2.15. The molecule has 1 amide bonds. The molecular formula is C20H18FN7O2. The number of amides is 1. The maximum atomic E-state index is 14.2. The molecule has 0 aliphatic carbocycles. The molecule has 4 rings (SSSR count). The first-order chi connectivity index (χ1) is 14.6. The van der Waals surface area contributed by atoms with Crippen molar-refractivity contribution in [2.75, 3.05) is 17.7 Å². The molecule has 9 nitrogen and oxygen atoms in total. The van der Waals surface area contributed by atoms with Crippen molar-refractivity contribution < 1.29 is 13.9 Å². The number of methoxy groups -OCH3 is 1. The van der Waals surface area contributed by atoms with Crippen LogP contribution in [0.2, 0.25) is 0 Å². The predicted molar refractivity (Wildman–Crippen MR) is 109 cm³/mol. The van der Waals surface area contributed by atoms with E-state index in [0.717, 1.165) is 6.20 Å². The molecule has 0 aliphatic rings. The van der Waals surface area contributed by atoms with E-state index < -0.39 is 5.82 Å². The fourth-order valence-electron chi connectivity index (χ4n) is 2.77. The Balaban J connectivity index is 1.84. The van der Waals surface area contributed by atoms with Gasteiger partial charge in [-0.15, -0.1) is 5.10 Å². The molecule has 0 saturated carbocycles. The molecule has 0 unspecified atom stereocenters. The summed E-state index contributed by atoms with van der Waals surface area (Å²) in [7, 11) is 1.52. The van der Waals surface area contributed by atoms with E-state index in [1.54, 1.807) is 41.9 Å². The van der Waals surface area contributed by atoms with Gasteiger partial charge in [0.25, 0.3) is 0 Å². The molecule has 2 N–H and O–H groups in total. The van der Waals surface area contributed by atoms with Crippen molar-refractivity contribution in [3.8, 4) is 17.4 Å². The summed E-state index contributed by atoms with van der Waals surface area (Å²) in [6.45, 7) is 1.76. The lowest BCUT2D eigenvalue weighted by molar-refractivity contribution is -0.115. The zero-order valence-electron chi connectivity index (χ0n) is 16.3. The molecule has 0 aliphatic heterocycles. The van der Waals surface area contributed by atoms with Gasteiger partial charge in [0.2, 0.25) is 17.6 Å². The van der Waals surface area contributed by atoms with E-state index in [0.29, 0.717) is 40.8 Å². The Kier molecular flexibility index (Phi) is 5.21. The molecule has 30 heavy (non-hydrogen) atoms. The largest absolute Gasteiger partial charge is 0.481 e. The first-order valence-corrected chi connectivity index (χ1v) is 9.15. The summed E-state index contributed by atoms with van der Waals surface area (Å²) in [5.74, 6) is 0.382. The summed E-state index contributed by atoms with van der Waals surface area (Å²) >= 11 is 0. The minimum Gasteiger partial charge on any atom is -0.481 e. The van der Waals surface area contributed by atoms with E-state index in [4.69, 9.17) is 4.74 Å². The molecule has 4 aromatic heterocycles. The number of nitrogens with zero attached hydrogens (tertiary/aromatic N) is 5. The van der Waals surface area contributed by atoms with Gasteiger partial charge in [-0.1, -0.05) is 13.0 Å². The van der Waals surface area contributed by atoms with Crippen molar-refractivity contribution in [1.29, 1.82) is 0 Å². The summed E-state index contributed by atoms with van der Waals surface area (Å²) in [6.07, 6.45) is 4.57. The molecule has 0 aromatic carbocycles. The first kappa shape index (κ1) is 19.2. The van der Waals surface area contributed by atoms with Crippen molar-refractivity contribution in [3.63, 3.8) is 0 Å². The van der Waals surface area contributed by atoms with E-state index in [1.807, 2.05) is 0 Å². The number of hydrogen-bond donors (Lipinski definition) is 2. The Morgan fingerprint density at radius 2 is 2.13 bits per heavy atom. The summed E-state index contributed by atoms with van der Waals surface area (Å²) in [4.78, 5) is 24.4. The molecule has 0 saturated heterocycles. The average Bonchev–Trinajstić information content (AvgIpc) is 3.17. The van der Waals surface area contributed by atoms with Gasteiger partial charge in [0.15, 0.2) is 11.6 Å². The quantitative estimate of drug-likeness (QED) is 0.504. The number of hydrogen-bond acceptors (Lipinski definition) is 7. The van der Waals surface area contributed by atoms with Gasteiger partial charge >= 0.3 is 0 Å². The number of ether oxygens (including phenoxy) is 1. The normalized spacial score (nSPS) is 10.8. The highest BCUT2D eigenvalue weighted by molar-refractivity contribution is 5.92. The lowest BCUT2D eigenvalue weighted by Gasteiger charge is -2.10. The third-order valence-corrected chi connectivity index (χ3v) is 4.26. The molecule has 0 radical (unpaired) electrons. The van der Waals surface area contributed by atoms with Crippen molar-refractivity contribution in [2.45, 2.75) is 13.3 Å². The molecule has 0 fully saturated rings. The molecule has 4 heterocycles. The molecule has 0 spiro atoms. The Labute approximate surface area is 171 Å². The van der Waals surface area contributed by atoms with Gasteiger partial charge in [0.1, 0.15) is 11.2 Å². The van der Waals surface area contributed by atoms with Gasteiger partial charge in [-0.25, -0.2) is 18.9 Å². The highest BCUT2D eigenvalue weighted by Crippen LogP contribution is 2.27. The lowest BCUT2D eigenvalue weighted by atomic mass is 10.3. The van der Waals surface area contributed by atoms with Gasteiger partial charge in [0, 0.05) is 18.7 Å². The number of halogens is 1. The van der Waals surface area contributed by atoms with Gasteiger partial charge in [-0.2, -0.15) is 0 Å². The monoisotopic (exact) mass is 407 g/mol. The van der Waals surface area contributed by atoms with Crippen LogP contribution in [0.3, 0.4) is 0 Å². The van der Waals surface area contributed by atoms with E-state index >= 15 is 0 Å². The summed E-state index contributed by atoms with van der Waals surface area (Å²) in [6, 6.07) is 8.43. The smallest absolute Gasteiger partial charge is 0.224 e. The van der Waals surface area contributed by atoms with E-state index in [-0.39, 0.29) is 11.6 Å². The van der Waals surface area contributed by atoms with Gasteiger partial charge < -0.3 is 15.4 Å². The SMILES string of the molecule is CCC(=O)Nc1cc2c(Nc3ccncc3F)nc(-c3cccc(OC)n3)nn2c1. The second-order valence-corrected chi connectivity index (χ2v) is 6.29. The van der Waals surface area contributed by atoms with Crippen molar-refractivity contribution in [1.82, 2.24) is 24.6 Å². The van der Waals surface area contributed by atoms with Crippen LogP contribution in [-0.2, 0) is 4.79 Å². The summed E-state index contributed by atoms with van der Waals surface area (Å²) < 4.78 is 20.9. The standard InChI is InChI=1S/C20H18FN7O2/c1-3-17(29)23-12-9-16-20(25-14-7-8-22-10-13(14)21)26-19(27-28(16)11-12)15-5-4-6-18(24-15)30-2/h4-11H,3H2,1-2H3,(H,23,29)(H,22,25,26,27). The number of aromatic nitrogens is 5. The van der Waals surface area contributed by atoms with E-state index in [1.165, 1.54) is 19.4 Å². The fraction of sp³-hybridized carbons (Fsp3) is 0.150. The van der Waals surface area contributed by atoms with Crippen LogP contribution in [0, 0.1) is 5.82 Å². The fourth-order valence-corrected chi connectivity index (χ4v) is 2.77. The lowest BCUT2D eigenvalue weighted by Crippen LogP contribution is -2.08. The number of fused-ring (bicyclic) bond motifs is 1. The van der Waals surface area contributed by atoms with Crippen molar-refractivity contribution in [2.24, 2.45) is 0 Å². The second-order valence-electron chi connectivity index (χ2n) is 6.29. The topological polar surface area (TPSA) is 106 Å². The zero-order valence-corrected chi connectivity index (χ0v) is 16.3. The number of nitrogens with one attached hydrogen (secondary N) is 2. The van der Waals surface area contributed by atoms with Crippen LogP contribution in [-0.4, -0.2) is 37.6 Å². The Bertz CT molecular complexity index is 1220. The minimum absolute atomic E-state index is 0.136. The second kappa shape index (κ2) is 8.11. The maximum absolute atomic E-state index is 14.2. The number of rotatable bonds is 6. The average molecular weight is 407 g/mol. The van der Waals surface area contributed by atoms with Gasteiger partial charge in [0.05, 0.1) is 30.9 Å². The molecule has 0 bridgehead atoms. The van der Waals surface area contributed by atoms with Crippen LogP contribution < -0.4 is 15.4 Å². The van der Waals surface area contributed by atoms with Crippen LogP contribution in [0.25, 0.3) is 17.0 Å². The molecule has 4 aromatic rings. The Morgan fingerprint density at radius 3 is 2.90 bits per heavy atom.